The van der Waals surface area contributed by atoms with Crippen LogP contribution in [0.5, 0.6) is 0 Å². The quantitative estimate of drug-likeness (QED) is 0.613. The van der Waals surface area contributed by atoms with Crippen molar-refractivity contribution in [3.63, 3.8) is 0 Å². The zero-order chi connectivity index (χ0) is 13.0. The minimum Gasteiger partial charge on any atom is -0.469 e. The summed E-state index contributed by atoms with van der Waals surface area (Å²) in [6.45, 7) is 2.74. The first kappa shape index (κ1) is 13.1. The number of benzene rings is 1. The van der Waals surface area contributed by atoms with Crippen LogP contribution in [0.1, 0.15) is 18.9 Å². The van der Waals surface area contributed by atoms with Gasteiger partial charge in [-0.1, -0.05) is 30.3 Å². The number of epoxide rings is 1. The molecule has 2 rings (SSSR count). The van der Waals surface area contributed by atoms with Crippen molar-refractivity contribution < 1.29 is 14.3 Å². The van der Waals surface area contributed by atoms with E-state index in [-0.39, 0.29) is 24.2 Å². The number of ether oxygens (including phenoxy) is 2. The number of esters is 1. The van der Waals surface area contributed by atoms with Gasteiger partial charge in [0.25, 0.3) is 0 Å². The molecule has 1 aliphatic rings. The summed E-state index contributed by atoms with van der Waals surface area (Å²) in [5, 5.41) is 3.37. The van der Waals surface area contributed by atoms with Gasteiger partial charge >= 0.3 is 5.97 Å². The minimum absolute atomic E-state index is 0.0210. The third-order valence-corrected chi connectivity index (χ3v) is 3.18. The molecule has 1 aromatic carbocycles. The average Bonchev–Trinajstić information content (AvgIpc) is 3.12. The van der Waals surface area contributed by atoms with Crippen LogP contribution in [-0.4, -0.2) is 31.3 Å². The van der Waals surface area contributed by atoms with Crippen molar-refractivity contribution in [2.24, 2.45) is 0 Å². The van der Waals surface area contributed by atoms with Crippen LogP contribution >= 0.6 is 0 Å². The molecule has 0 bridgehead atoms. The van der Waals surface area contributed by atoms with Gasteiger partial charge in [-0.2, -0.15) is 0 Å². The van der Waals surface area contributed by atoms with Gasteiger partial charge in [0, 0.05) is 12.6 Å². The van der Waals surface area contributed by atoms with Crippen LogP contribution in [0, 0.1) is 0 Å². The van der Waals surface area contributed by atoms with Crippen molar-refractivity contribution in [1.29, 1.82) is 0 Å². The van der Waals surface area contributed by atoms with Gasteiger partial charge in [0.15, 0.2) is 0 Å². The molecule has 0 aliphatic carbocycles. The molecule has 1 aliphatic heterocycles. The van der Waals surface area contributed by atoms with E-state index in [2.05, 4.69) is 17.4 Å². The second kappa shape index (κ2) is 5.98. The molecule has 0 aromatic heterocycles. The zero-order valence-electron chi connectivity index (χ0n) is 10.8. The third kappa shape index (κ3) is 3.55. The van der Waals surface area contributed by atoms with Crippen LogP contribution < -0.4 is 5.32 Å². The Kier molecular flexibility index (Phi) is 4.33. The van der Waals surface area contributed by atoms with Crippen molar-refractivity contribution in [3.05, 3.63) is 35.9 Å². The lowest BCUT2D eigenvalue weighted by Gasteiger charge is -2.15. The molecule has 4 nitrogen and oxygen atoms in total. The molecule has 1 heterocycles. The van der Waals surface area contributed by atoms with Gasteiger partial charge < -0.3 is 14.8 Å². The van der Waals surface area contributed by atoms with E-state index in [0.717, 1.165) is 6.54 Å². The van der Waals surface area contributed by atoms with E-state index in [1.165, 1.54) is 12.7 Å². The molecule has 0 saturated carbocycles. The molecule has 0 spiro atoms. The van der Waals surface area contributed by atoms with Gasteiger partial charge in [-0.25, -0.2) is 0 Å². The van der Waals surface area contributed by atoms with Gasteiger partial charge in [0.2, 0.25) is 0 Å². The van der Waals surface area contributed by atoms with Crippen LogP contribution in [0.3, 0.4) is 0 Å². The first-order chi connectivity index (χ1) is 8.70. The topological polar surface area (TPSA) is 50.9 Å². The maximum Gasteiger partial charge on any atom is 0.307 e. The van der Waals surface area contributed by atoms with Crippen molar-refractivity contribution in [2.45, 2.75) is 38.1 Å². The molecular weight excluding hydrogens is 230 g/mol. The third-order valence-electron chi connectivity index (χ3n) is 3.18. The van der Waals surface area contributed by atoms with E-state index in [0.29, 0.717) is 6.42 Å². The first-order valence-electron chi connectivity index (χ1n) is 6.20. The van der Waals surface area contributed by atoms with Gasteiger partial charge in [-0.3, -0.25) is 4.79 Å². The van der Waals surface area contributed by atoms with E-state index in [4.69, 9.17) is 9.47 Å². The van der Waals surface area contributed by atoms with Crippen LogP contribution in [0.25, 0.3) is 0 Å². The first-order valence-corrected chi connectivity index (χ1v) is 6.20. The molecule has 0 radical (unpaired) electrons. The largest absolute Gasteiger partial charge is 0.469 e. The van der Waals surface area contributed by atoms with E-state index in [1.54, 1.807) is 0 Å². The Morgan fingerprint density at radius 3 is 2.67 bits per heavy atom. The number of methoxy groups -OCH3 is 1. The SMILES string of the molecule is COC(=O)C[C@H](NCc1ccccc1)[C@@H]1O[C@H]1C. The fourth-order valence-corrected chi connectivity index (χ4v) is 2.04. The molecule has 0 amide bonds. The van der Waals surface area contributed by atoms with Crippen molar-refractivity contribution in [3.8, 4) is 0 Å². The molecule has 1 saturated heterocycles. The molecule has 4 heteroatoms. The Balaban J connectivity index is 1.87. The molecule has 1 aromatic rings. The van der Waals surface area contributed by atoms with E-state index < -0.39 is 0 Å². The second-order valence-electron chi connectivity index (χ2n) is 4.56. The molecular formula is C14H19NO3. The van der Waals surface area contributed by atoms with Crippen LogP contribution in [0.2, 0.25) is 0 Å². The fraction of sp³-hybridized carbons (Fsp3) is 0.500. The van der Waals surface area contributed by atoms with Gasteiger partial charge in [-0.15, -0.1) is 0 Å². The average molecular weight is 249 g/mol. The summed E-state index contributed by atoms with van der Waals surface area (Å²) < 4.78 is 10.2. The highest BCUT2D eigenvalue weighted by Gasteiger charge is 2.42. The summed E-state index contributed by atoms with van der Waals surface area (Å²) in [6, 6.07) is 10.1. The maximum atomic E-state index is 11.4. The Morgan fingerprint density at radius 2 is 2.11 bits per heavy atom. The van der Waals surface area contributed by atoms with Crippen LogP contribution in [-0.2, 0) is 20.8 Å². The summed E-state index contributed by atoms with van der Waals surface area (Å²) in [5.74, 6) is -0.205. The lowest BCUT2D eigenvalue weighted by molar-refractivity contribution is -0.141. The van der Waals surface area contributed by atoms with E-state index >= 15 is 0 Å². The molecule has 0 unspecified atom stereocenters. The highest BCUT2D eigenvalue weighted by molar-refractivity contribution is 5.70. The number of hydrogen-bond acceptors (Lipinski definition) is 4. The van der Waals surface area contributed by atoms with Crippen molar-refractivity contribution >= 4 is 5.97 Å². The number of rotatable bonds is 6. The standard InChI is InChI=1S/C14H19NO3/c1-10-14(18-10)12(8-13(16)17-2)15-9-11-6-4-3-5-7-11/h3-7,10,12,14-15H,8-9H2,1-2H3/t10-,12-,14+/m0/s1. The Labute approximate surface area is 107 Å². The summed E-state index contributed by atoms with van der Waals surface area (Å²) >= 11 is 0. The zero-order valence-corrected chi connectivity index (χ0v) is 10.8. The molecule has 98 valence electrons. The summed E-state index contributed by atoms with van der Waals surface area (Å²) in [7, 11) is 1.41. The van der Waals surface area contributed by atoms with Gasteiger partial charge in [-0.05, 0) is 12.5 Å². The lowest BCUT2D eigenvalue weighted by atomic mass is 10.1. The van der Waals surface area contributed by atoms with Crippen molar-refractivity contribution in [2.75, 3.05) is 7.11 Å². The number of hydrogen-bond donors (Lipinski definition) is 1. The smallest absolute Gasteiger partial charge is 0.307 e. The second-order valence-corrected chi connectivity index (χ2v) is 4.56. The normalized spacial score (nSPS) is 23.4. The summed E-state index contributed by atoms with van der Waals surface area (Å²) in [6.07, 6.45) is 0.689. The molecule has 1 fully saturated rings. The number of carbonyl (C=O) groups excluding carboxylic acids is 1. The summed E-state index contributed by atoms with van der Waals surface area (Å²) in [5.41, 5.74) is 1.20. The Bertz CT molecular complexity index is 393. The summed E-state index contributed by atoms with van der Waals surface area (Å²) in [4.78, 5) is 11.4. The van der Waals surface area contributed by atoms with Crippen LogP contribution in [0.15, 0.2) is 30.3 Å². The number of carbonyl (C=O) groups is 1. The van der Waals surface area contributed by atoms with E-state index in [9.17, 15) is 4.79 Å². The predicted molar refractivity (Wildman–Crippen MR) is 68.0 cm³/mol. The molecule has 3 atom stereocenters. The van der Waals surface area contributed by atoms with Gasteiger partial charge in [0.05, 0.1) is 25.7 Å². The lowest BCUT2D eigenvalue weighted by Crippen LogP contribution is -2.36. The Hall–Kier alpha value is -1.39. The van der Waals surface area contributed by atoms with Crippen molar-refractivity contribution in [1.82, 2.24) is 5.32 Å². The Morgan fingerprint density at radius 1 is 1.44 bits per heavy atom. The number of nitrogens with one attached hydrogen (secondary N) is 1. The molecule has 1 N–H and O–H groups in total. The fourth-order valence-electron chi connectivity index (χ4n) is 2.04. The minimum atomic E-state index is -0.205. The van der Waals surface area contributed by atoms with Crippen LogP contribution in [0.4, 0.5) is 0 Å². The predicted octanol–water partition coefficient (Wildman–Crippen LogP) is 1.50. The highest BCUT2D eigenvalue weighted by atomic mass is 16.6. The van der Waals surface area contributed by atoms with Gasteiger partial charge in [0.1, 0.15) is 0 Å². The monoisotopic (exact) mass is 249 g/mol. The van der Waals surface area contributed by atoms with E-state index in [1.807, 2.05) is 25.1 Å². The maximum absolute atomic E-state index is 11.4. The highest BCUT2D eigenvalue weighted by Crippen LogP contribution is 2.26. The molecule has 18 heavy (non-hydrogen) atoms.